The predicted molar refractivity (Wildman–Crippen MR) is 92.3 cm³/mol. The van der Waals surface area contributed by atoms with Gasteiger partial charge in [0.15, 0.2) is 11.5 Å². The fourth-order valence-corrected chi connectivity index (χ4v) is 3.37. The van der Waals surface area contributed by atoms with Crippen LogP contribution in [0, 0.1) is 6.92 Å². The van der Waals surface area contributed by atoms with Crippen LogP contribution in [0.25, 0.3) is 16.9 Å². The first-order valence-electron chi connectivity index (χ1n) is 8.38. The van der Waals surface area contributed by atoms with Gasteiger partial charge in [-0.15, -0.1) is 0 Å². The van der Waals surface area contributed by atoms with Crippen LogP contribution in [-0.4, -0.2) is 51.0 Å². The summed E-state index contributed by atoms with van der Waals surface area (Å²) >= 11 is 0. The predicted octanol–water partition coefficient (Wildman–Crippen LogP) is 2.15. The number of rotatable bonds is 5. The molecule has 126 valence electrons. The number of aromatic nitrogens is 5. The molecule has 1 saturated heterocycles. The molecule has 0 amide bonds. The third-order valence-corrected chi connectivity index (χ3v) is 4.53. The van der Waals surface area contributed by atoms with E-state index in [9.17, 15) is 0 Å². The van der Waals surface area contributed by atoms with Gasteiger partial charge in [-0.2, -0.15) is 5.10 Å². The molecule has 0 unspecified atom stereocenters. The molecule has 0 spiro atoms. The number of hydrogen-bond donors (Lipinski definition) is 0. The van der Waals surface area contributed by atoms with Crippen molar-refractivity contribution >= 4 is 11.5 Å². The van der Waals surface area contributed by atoms with Gasteiger partial charge in [-0.25, -0.2) is 9.97 Å². The van der Waals surface area contributed by atoms with Crippen LogP contribution in [0.5, 0.6) is 0 Å². The Hall–Kier alpha value is -2.41. The number of anilines is 1. The van der Waals surface area contributed by atoms with Crippen LogP contribution < -0.4 is 4.90 Å². The van der Waals surface area contributed by atoms with E-state index in [1.807, 2.05) is 36.4 Å². The van der Waals surface area contributed by atoms with E-state index in [1.54, 1.807) is 7.11 Å². The van der Waals surface area contributed by atoms with E-state index in [2.05, 4.69) is 19.4 Å². The molecule has 3 aromatic heterocycles. The van der Waals surface area contributed by atoms with Gasteiger partial charge < -0.3 is 9.64 Å². The van der Waals surface area contributed by atoms with E-state index in [0.29, 0.717) is 6.61 Å². The minimum absolute atomic E-state index is 0.649. The van der Waals surface area contributed by atoms with E-state index in [-0.39, 0.29) is 0 Å². The molecule has 0 aromatic carbocycles. The highest BCUT2D eigenvalue weighted by atomic mass is 16.5. The first-order chi connectivity index (χ1) is 11.8. The van der Waals surface area contributed by atoms with Gasteiger partial charge in [-0.05, 0) is 19.8 Å². The van der Waals surface area contributed by atoms with Crippen molar-refractivity contribution in [3.05, 3.63) is 30.5 Å². The second kappa shape index (κ2) is 6.24. The van der Waals surface area contributed by atoms with Crippen molar-refractivity contribution in [3.63, 3.8) is 0 Å². The number of nitrogens with zero attached hydrogens (tertiary/aromatic N) is 6. The maximum Gasteiger partial charge on any atom is 0.181 e. The van der Waals surface area contributed by atoms with Crippen molar-refractivity contribution in [1.82, 2.24) is 24.1 Å². The summed E-state index contributed by atoms with van der Waals surface area (Å²) in [4.78, 5) is 11.7. The molecule has 0 N–H and O–H groups in total. The van der Waals surface area contributed by atoms with Crippen LogP contribution in [0.4, 0.5) is 5.82 Å². The molecule has 1 aliphatic rings. The van der Waals surface area contributed by atoms with Gasteiger partial charge in [0.2, 0.25) is 0 Å². The summed E-state index contributed by atoms with van der Waals surface area (Å²) < 4.78 is 9.16. The highest BCUT2D eigenvalue weighted by Crippen LogP contribution is 2.29. The monoisotopic (exact) mass is 326 g/mol. The summed E-state index contributed by atoms with van der Waals surface area (Å²) in [6.07, 6.45) is 10.2. The van der Waals surface area contributed by atoms with Crippen molar-refractivity contribution in [1.29, 1.82) is 0 Å². The van der Waals surface area contributed by atoms with Crippen molar-refractivity contribution in [3.8, 4) is 11.3 Å². The second-order valence-corrected chi connectivity index (χ2v) is 6.17. The van der Waals surface area contributed by atoms with E-state index in [4.69, 9.17) is 9.72 Å². The highest BCUT2D eigenvalue weighted by Gasteiger charge is 2.21. The van der Waals surface area contributed by atoms with Crippen molar-refractivity contribution in [2.75, 3.05) is 31.7 Å². The zero-order chi connectivity index (χ0) is 16.5. The fraction of sp³-hybridized carbons (Fsp3) is 0.471. The third kappa shape index (κ3) is 2.54. The minimum atomic E-state index is 0.649. The molecule has 7 heteroatoms. The fourth-order valence-electron chi connectivity index (χ4n) is 3.37. The lowest BCUT2D eigenvalue weighted by Crippen LogP contribution is -2.19. The van der Waals surface area contributed by atoms with Crippen molar-refractivity contribution in [2.24, 2.45) is 0 Å². The lowest BCUT2D eigenvalue weighted by atomic mass is 10.2. The topological polar surface area (TPSA) is 60.5 Å². The SMILES string of the molecule is COCCn1cc(-c2c(C)nc3c(N4CCCC4)nccn23)cn1. The number of ether oxygens (including phenoxy) is 1. The molecular weight excluding hydrogens is 304 g/mol. The number of fused-ring (bicyclic) bond motifs is 1. The van der Waals surface area contributed by atoms with Crippen LogP contribution in [0.2, 0.25) is 0 Å². The Morgan fingerprint density at radius 3 is 2.88 bits per heavy atom. The first-order valence-corrected chi connectivity index (χ1v) is 8.38. The molecule has 1 aliphatic heterocycles. The quantitative estimate of drug-likeness (QED) is 0.719. The molecular formula is C17H22N6O. The molecule has 3 aromatic rings. The van der Waals surface area contributed by atoms with Crippen LogP contribution in [0.1, 0.15) is 18.5 Å². The second-order valence-electron chi connectivity index (χ2n) is 6.17. The van der Waals surface area contributed by atoms with Gasteiger partial charge >= 0.3 is 0 Å². The Bertz CT molecular complexity index is 846. The van der Waals surface area contributed by atoms with Gasteiger partial charge in [-0.3, -0.25) is 9.08 Å². The van der Waals surface area contributed by atoms with Crippen molar-refractivity contribution < 1.29 is 4.74 Å². The van der Waals surface area contributed by atoms with Crippen LogP contribution in [0.15, 0.2) is 24.8 Å². The maximum atomic E-state index is 5.12. The number of methoxy groups -OCH3 is 1. The van der Waals surface area contributed by atoms with Gasteiger partial charge in [-0.1, -0.05) is 0 Å². The summed E-state index contributed by atoms with van der Waals surface area (Å²) in [6, 6.07) is 0. The molecule has 4 heterocycles. The summed E-state index contributed by atoms with van der Waals surface area (Å²) in [7, 11) is 1.70. The van der Waals surface area contributed by atoms with Crippen molar-refractivity contribution in [2.45, 2.75) is 26.3 Å². The Morgan fingerprint density at radius 2 is 2.08 bits per heavy atom. The summed E-state index contributed by atoms with van der Waals surface area (Å²) in [5, 5.41) is 4.43. The van der Waals surface area contributed by atoms with Crippen LogP contribution in [-0.2, 0) is 11.3 Å². The van der Waals surface area contributed by atoms with Gasteiger partial charge in [0.1, 0.15) is 0 Å². The molecule has 1 fully saturated rings. The molecule has 4 rings (SSSR count). The number of imidazole rings is 1. The normalized spacial score (nSPS) is 14.8. The molecule has 0 saturated carbocycles. The molecule has 0 radical (unpaired) electrons. The Balaban J connectivity index is 1.77. The van der Waals surface area contributed by atoms with Crippen LogP contribution in [0.3, 0.4) is 0 Å². The van der Waals surface area contributed by atoms with E-state index < -0.39 is 0 Å². The maximum absolute atomic E-state index is 5.12. The first kappa shape index (κ1) is 15.1. The average molecular weight is 326 g/mol. The molecule has 0 atom stereocenters. The molecule has 0 aliphatic carbocycles. The summed E-state index contributed by atoms with van der Waals surface area (Å²) in [6.45, 7) is 5.55. The average Bonchev–Trinajstić information content (AvgIpc) is 3.31. The smallest absolute Gasteiger partial charge is 0.181 e. The van der Waals surface area contributed by atoms with E-state index in [1.165, 1.54) is 12.8 Å². The standard InChI is InChI=1S/C17H22N6O/c1-13-15(14-11-19-22(12-14)9-10-24-2)23-8-5-18-16(17(23)20-13)21-6-3-4-7-21/h5,8,11-12H,3-4,6-7,9-10H2,1-2H3. The lowest BCUT2D eigenvalue weighted by molar-refractivity contribution is 0.183. The Kier molecular flexibility index (Phi) is 3.93. The van der Waals surface area contributed by atoms with Gasteiger partial charge in [0, 0.05) is 44.4 Å². The van der Waals surface area contributed by atoms with E-state index in [0.717, 1.165) is 48.1 Å². The van der Waals surface area contributed by atoms with Gasteiger partial charge in [0.05, 0.1) is 30.7 Å². The third-order valence-electron chi connectivity index (χ3n) is 4.53. The zero-order valence-corrected chi connectivity index (χ0v) is 14.1. The Labute approximate surface area is 140 Å². The lowest BCUT2D eigenvalue weighted by Gasteiger charge is -2.16. The van der Waals surface area contributed by atoms with Crippen LogP contribution >= 0.6 is 0 Å². The molecule has 24 heavy (non-hydrogen) atoms. The van der Waals surface area contributed by atoms with Gasteiger partial charge in [0.25, 0.3) is 0 Å². The largest absolute Gasteiger partial charge is 0.383 e. The number of hydrogen-bond acceptors (Lipinski definition) is 5. The Morgan fingerprint density at radius 1 is 1.25 bits per heavy atom. The number of aryl methyl sites for hydroxylation is 1. The summed E-state index contributed by atoms with van der Waals surface area (Å²) in [5.74, 6) is 0.983. The highest BCUT2D eigenvalue weighted by molar-refractivity contribution is 5.73. The van der Waals surface area contributed by atoms with E-state index >= 15 is 0 Å². The minimum Gasteiger partial charge on any atom is -0.383 e. The summed E-state index contributed by atoms with van der Waals surface area (Å²) in [5.41, 5.74) is 4.07. The zero-order valence-electron chi connectivity index (χ0n) is 14.1. The molecule has 0 bridgehead atoms. The molecule has 7 nitrogen and oxygen atoms in total.